The van der Waals surface area contributed by atoms with Gasteiger partial charge in [-0.15, -0.1) is 6.58 Å². The fourth-order valence-corrected chi connectivity index (χ4v) is 4.89. The summed E-state index contributed by atoms with van der Waals surface area (Å²) in [7, 11) is 1.54. The molecule has 0 bridgehead atoms. The molecular weight excluding hydrogens is 479 g/mol. The van der Waals surface area contributed by atoms with Gasteiger partial charge < -0.3 is 19.4 Å². The lowest BCUT2D eigenvalue weighted by molar-refractivity contribution is -0.117. The molecule has 0 radical (unpaired) electrons. The number of methoxy groups -OCH3 is 1. The molecule has 0 aromatic heterocycles. The van der Waals surface area contributed by atoms with Gasteiger partial charge in [0.15, 0.2) is 0 Å². The van der Waals surface area contributed by atoms with E-state index in [1.54, 1.807) is 25.1 Å². The van der Waals surface area contributed by atoms with Crippen LogP contribution in [0, 0.1) is 17.2 Å². The number of halogens is 1. The van der Waals surface area contributed by atoms with Crippen molar-refractivity contribution < 1.29 is 23.8 Å². The summed E-state index contributed by atoms with van der Waals surface area (Å²) >= 11 is 0. The SMILES string of the molecule is C=CC(C)(C)[C@H](O)c1cc(COc2cccc([C@@H](CC(C)=O)C3CC3)c2)ccc1-c1cc(OC)ccc1F. The molecule has 1 N–H and O–H groups in total. The standard InChI is InChI=1S/C33H37FO4/c1-6-33(3,4)32(36)30-17-22(10-14-27(30)29-19-25(37-5)13-15-31(29)34)20-38-26-9-7-8-24(18-26)28(16-21(2)35)23-11-12-23/h6-10,13-15,17-19,23,28,32,36H,1,11-12,16,20H2,2-5H3/t28-,32+/m0/s1. The van der Waals surface area contributed by atoms with Crippen LogP contribution >= 0.6 is 0 Å². The van der Waals surface area contributed by atoms with E-state index < -0.39 is 17.3 Å². The number of aliphatic hydroxyl groups excluding tert-OH is 1. The Morgan fingerprint density at radius 1 is 1.11 bits per heavy atom. The van der Waals surface area contributed by atoms with Crippen LogP contribution in [0.25, 0.3) is 11.1 Å². The largest absolute Gasteiger partial charge is 0.497 e. The van der Waals surface area contributed by atoms with Crippen molar-refractivity contribution in [3.63, 3.8) is 0 Å². The third-order valence-electron chi connectivity index (χ3n) is 7.50. The van der Waals surface area contributed by atoms with Gasteiger partial charge >= 0.3 is 0 Å². The summed E-state index contributed by atoms with van der Waals surface area (Å²) in [5.74, 6) is 1.87. The number of rotatable bonds is 12. The van der Waals surface area contributed by atoms with E-state index >= 15 is 0 Å². The van der Waals surface area contributed by atoms with Crippen LogP contribution in [-0.4, -0.2) is 18.0 Å². The fraction of sp³-hybridized carbons (Fsp3) is 0.364. The zero-order valence-corrected chi connectivity index (χ0v) is 22.7. The molecule has 0 aliphatic heterocycles. The van der Waals surface area contributed by atoms with E-state index in [0.29, 0.717) is 34.8 Å². The van der Waals surface area contributed by atoms with Gasteiger partial charge in [0.05, 0.1) is 13.2 Å². The Hall–Kier alpha value is -3.44. The molecule has 4 nitrogen and oxygen atoms in total. The Bertz CT molecular complexity index is 1310. The number of hydrogen-bond acceptors (Lipinski definition) is 4. The number of Topliss-reactive ketones (excluding diaryl/α,β-unsaturated/α-hetero) is 1. The van der Waals surface area contributed by atoms with Gasteiger partial charge in [-0.3, -0.25) is 0 Å². The Kier molecular flexibility index (Phi) is 8.37. The Morgan fingerprint density at radius 3 is 2.53 bits per heavy atom. The molecule has 0 saturated heterocycles. The molecule has 3 aromatic rings. The highest BCUT2D eigenvalue weighted by atomic mass is 19.1. The van der Waals surface area contributed by atoms with Crippen molar-refractivity contribution in [1.29, 1.82) is 0 Å². The highest BCUT2D eigenvalue weighted by Gasteiger charge is 2.33. The molecule has 0 spiro atoms. The van der Waals surface area contributed by atoms with E-state index in [4.69, 9.17) is 9.47 Å². The molecule has 4 rings (SSSR count). The van der Waals surface area contributed by atoms with E-state index in [-0.39, 0.29) is 18.3 Å². The summed E-state index contributed by atoms with van der Waals surface area (Å²) in [5, 5.41) is 11.4. The van der Waals surface area contributed by atoms with E-state index in [9.17, 15) is 14.3 Å². The van der Waals surface area contributed by atoms with Crippen LogP contribution in [-0.2, 0) is 11.4 Å². The van der Waals surface area contributed by atoms with Crippen LogP contribution < -0.4 is 9.47 Å². The van der Waals surface area contributed by atoms with E-state index in [2.05, 4.69) is 12.6 Å². The van der Waals surface area contributed by atoms with Crippen LogP contribution in [0.5, 0.6) is 11.5 Å². The molecule has 5 heteroatoms. The third kappa shape index (κ3) is 6.33. The molecule has 1 saturated carbocycles. The van der Waals surface area contributed by atoms with Crippen molar-refractivity contribution in [2.75, 3.05) is 7.11 Å². The molecule has 200 valence electrons. The summed E-state index contributed by atoms with van der Waals surface area (Å²) in [4.78, 5) is 11.8. The van der Waals surface area contributed by atoms with Crippen molar-refractivity contribution in [2.45, 2.75) is 58.7 Å². The smallest absolute Gasteiger partial charge is 0.131 e. The number of ether oxygens (including phenoxy) is 2. The third-order valence-corrected chi connectivity index (χ3v) is 7.50. The molecular formula is C33H37FO4. The Labute approximate surface area is 225 Å². The minimum atomic E-state index is -0.922. The maximum Gasteiger partial charge on any atom is 0.131 e. The zero-order valence-electron chi connectivity index (χ0n) is 22.7. The van der Waals surface area contributed by atoms with Gasteiger partial charge in [0, 0.05) is 17.4 Å². The van der Waals surface area contributed by atoms with Gasteiger partial charge in [-0.25, -0.2) is 4.39 Å². The maximum absolute atomic E-state index is 14.9. The molecule has 2 atom stereocenters. The van der Waals surface area contributed by atoms with Gasteiger partial charge in [0.1, 0.15) is 29.7 Å². The maximum atomic E-state index is 14.9. The van der Waals surface area contributed by atoms with E-state index in [0.717, 1.165) is 29.7 Å². The average molecular weight is 517 g/mol. The van der Waals surface area contributed by atoms with Gasteiger partial charge in [-0.1, -0.05) is 44.2 Å². The zero-order chi connectivity index (χ0) is 27.4. The predicted molar refractivity (Wildman–Crippen MR) is 149 cm³/mol. The second-order valence-electron chi connectivity index (χ2n) is 10.9. The molecule has 0 heterocycles. The molecule has 0 unspecified atom stereocenters. The average Bonchev–Trinajstić information content (AvgIpc) is 3.76. The predicted octanol–water partition coefficient (Wildman–Crippen LogP) is 7.80. The number of aliphatic hydroxyl groups is 1. The van der Waals surface area contributed by atoms with Crippen LogP contribution in [0.2, 0.25) is 0 Å². The first-order chi connectivity index (χ1) is 18.1. The van der Waals surface area contributed by atoms with Crippen molar-refractivity contribution >= 4 is 5.78 Å². The Morgan fingerprint density at radius 2 is 1.87 bits per heavy atom. The van der Waals surface area contributed by atoms with Crippen molar-refractivity contribution in [1.82, 2.24) is 0 Å². The van der Waals surface area contributed by atoms with Crippen molar-refractivity contribution in [2.24, 2.45) is 11.3 Å². The molecule has 1 aliphatic rings. The van der Waals surface area contributed by atoms with Gasteiger partial charge in [-0.05, 0) is 90.3 Å². The molecule has 3 aromatic carbocycles. The van der Waals surface area contributed by atoms with E-state index in [1.165, 1.54) is 13.2 Å². The van der Waals surface area contributed by atoms with Crippen molar-refractivity contribution in [3.05, 3.63) is 95.8 Å². The lowest BCUT2D eigenvalue weighted by Gasteiger charge is -2.29. The lowest BCUT2D eigenvalue weighted by Crippen LogP contribution is -2.20. The highest BCUT2D eigenvalue weighted by Crippen LogP contribution is 2.45. The summed E-state index contributed by atoms with van der Waals surface area (Å²) in [6.07, 6.45) is 3.66. The minimum absolute atomic E-state index is 0.203. The molecule has 0 amide bonds. The molecule has 1 aliphatic carbocycles. The van der Waals surface area contributed by atoms with Crippen LogP contribution in [0.1, 0.15) is 68.7 Å². The lowest BCUT2D eigenvalue weighted by atomic mass is 9.79. The minimum Gasteiger partial charge on any atom is -0.497 e. The summed E-state index contributed by atoms with van der Waals surface area (Å²) in [6, 6.07) is 18.1. The topological polar surface area (TPSA) is 55.8 Å². The first-order valence-corrected chi connectivity index (χ1v) is 13.1. The van der Waals surface area contributed by atoms with Gasteiger partial charge in [0.25, 0.3) is 0 Å². The van der Waals surface area contributed by atoms with Gasteiger partial charge in [-0.2, -0.15) is 0 Å². The quantitative estimate of drug-likeness (QED) is 0.250. The Balaban J connectivity index is 1.63. The summed E-state index contributed by atoms with van der Waals surface area (Å²) < 4.78 is 26.4. The number of ketones is 1. The summed E-state index contributed by atoms with van der Waals surface area (Å²) in [6.45, 7) is 9.59. The highest BCUT2D eigenvalue weighted by molar-refractivity contribution is 5.76. The normalized spacial score (nSPS) is 15.0. The van der Waals surface area contributed by atoms with Gasteiger partial charge in [0.2, 0.25) is 0 Å². The second-order valence-corrected chi connectivity index (χ2v) is 10.9. The number of hydrogen-bond donors (Lipinski definition) is 1. The second kappa shape index (κ2) is 11.5. The van der Waals surface area contributed by atoms with E-state index in [1.807, 2.05) is 50.2 Å². The van der Waals surface area contributed by atoms with Crippen LogP contribution in [0.15, 0.2) is 73.3 Å². The van der Waals surface area contributed by atoms with Crippen molar-refractivity contribution in [3.8, 4) is 22.6 Å². The summed E-state index contributed by atoms with van der Waals surface area (Å²) in [5.41, 5.74) is 2.87. The monoisotopic (exact) mass is 516 g/mol. The number of benzene rings is 3. The fourth-order valence-electron chi connectivity index (χ4n) is 4.89. The number of carbonyl (C=O) groups excluding carboxylic acids is 1. The molecule has 38 heavy (non-hydrogen) atoms. The first-order valence-electron chi connectivity index (χ1n) is 13.1. The number of carbonyl (C=O) groups is 1. The first kappa shape index (κ1) is 27.6. The van der Waals surface area contributed by atoms with Crippen LogP contribution in [0.3, 0.4) is 0 Å². The molecule has 1 fully saturated rings. The van der Waals surface area contributed by atoms with Crippen LogP contribution in [0.4, 0.5) is 4.39 Å².